The average Bonchev–Trinajstić information content (AvgIpc) is 2.58. The van der Waals surface area contributed by atoms with E-state index in [1.165, 1.54) is 42.6 Å². The van der Waals surface area contributed by atoms with Crippen LogP contribution in [0.2, 0.25) is 0 Å². The Bertz CT molecular complexity index is 694. The third-order valence-corrected chi connectivity index (χ3v) is 6.21. The van der Waals surface area contributed by atoms with E-state index in [0.717, 1.165) is 12.0 Å². The maximum absolute atomic E-state index is 13.2. The van der Waals surface area contributed by atoms with Crippen molar-refractivity contribution in [2.75, 3.05) is 7.05 Å². The van der Waals surface area contributed by atoms with Gasteiger partial charge in [0.15, 0.2) is 0 Å². The van der Waals surface area contributed by atoms with Crippen LogP contribution in [0, 0.1) is 5.92 Å². The largest absolute Gasteiger partial charge is 0.281 e. The average molecular weight is 341 g/mol. The van der Waals surface area contributed by atoms with Gasteiger partial charge in [-0.1, -0.05) is 65.0 Å². The van der Waals surface area contributed by atoms with Crippen LogP contribution in [0.25, 0.3) is 0 Å². The minimum Gasteiger partial charge on any atom is -0.281 e. The molecule has 1 aliphatic heterocycles. The van der Waals surface area contributed by atoms with Crippen LogP contribution in [0.15, 0.2) is 18.2 Å². The van der Waals surface area contributed by atoms with E-state index in [0.29, 0.717) is 11.5 Å². The predicted molar refractivity (Wildman–Crippen MR) is 101 cm³/mol. The summed E-state index contributed by atoms with van der Waals surface area (Å²) in [5.41, 5.74) is 2.23. The van der Waals surface area contributed by atoms with Gasteiger partial charge >= 0.3 is 0 Å². The van der Waals surface area contributed by atoms with Crippen LogP contribution < -0.4 is 0 Å². The van der Waals surface area contributed by atoms with Gasteiger partial charge in [-0.25, -0.2) is 0 Å². The smallest absolute Gasteiger partial charge is 0.260 e. The van der Waals surface area contributed by atoms with Gasteiger partial charge in [0.2, 0.25) is 5.91 Å². The molecule has 3 heteroatoms. The highest BCUT2D eigenvalue weighted by Gasteiger charge is 2.47. The zero-order chi connectivity index (χ0) is 18.4. The normalized spacial score (nSPS) is 25.2. The van der Waals surface area contributed by atoms with E-state index in [-0.39, 0.29) is 17.2 Å². The number of carbonyl (C=O) groups excluding carboxylic acids is 2. The van der Waals surface area contributed by atoms with Crippen molar-refractivity contribution in [3.63, 3.8) is 0 Å². The fourth-order valence-electron chi connectivity index (χ4n) is 4.58. The van der Waals surface area contributed by atoms with E-state index in [9.17, 15) is 9.59 Å². The zero-order valence-corrected chi connectivity index (χ0v) is 16.3. The first kappa shape index (κ1) is 18.2. The Balaban J connectivity index is 2.09. The lowest BCUT2D eigenvalue weighted by Gasteiger charge is -2.41. The van der Waals surface area contributed by atoms with Crippen molar-refractivity contribution in [1.29, 1.82) is 0 Å². The first-order valence-electron chi connectivity index (χ1n) is 9.62. The van der Waals surface area contributed by atoms with Gasteiger partial charge in [-0.2, -0.15) is 0 Å². The number of imide groups is 1. The second kappa shape index (κ2) is 6.26. The molecule has 0 radical (unpaired) electrons. The Labute approximate surface area is 151 Å². The van der Waals surface area contributed by atoms with Crippen molar-refractivity contribution in [2.45, 2.75) is 77.0 Å². The molecule has 2 amide bonds. The Morgan fingerprint density at radius 3 is 2.36 bits per heavy atom. The predicted octanol–water partition coefficient (Wildman–Crippen LogP) is 4.82. The number of benzene rings is 1. The quantitative estimate of drug-likeness (QED) is 0.723. The molecule has 1 atom stereocenters. The molecule has 1 aromatic carbocycles. The molecule has 1 fully saturated rings. The fraction of sp³-hybridized carbons (Fsp3) is 0.636. The van der Waals surface area contributed by atoms with E-state index in [1.54, 1.807) is 7.05 Å². The van der Waals surface area contributed by atoms with Crippen molar-refractivity contribution in [3.05, 3.63) is 34.9 Å². The Morgan fingerprint density at radius 1 is 1.12 bits per heavy atom. The summed E-state index contributed by atoms with van der Waals surface area (Å²) in [6, 6.07) is 6.10. The number of hydrogen-bond acceptors (Lipinski definition) is 2. The van der Waals surface area contributed by atoms with Crippen LogP contribution in [0.4, 0.5) is 0 Å². The lowest BCUT2D eigenvalue weighted by Crippen LogP contribution is -2.52. The zero-order valence-electron chi connectivity index (χ0n) is 16.3. The summed E-state index contributed by atoms with van der Waals surface area (Å²) in [5, 5.41) is 0. The molecule has 0 aromatic heterocycles. The minimum absolute atomic E-state index is 0.00375. The molecule has 1 aromatic rings. The number of hydrogen-bond donors (Lipinski definition) is 0. The molecule has 0 N–H and O–H groups in total. The summed E-state index contributed by atoms with van der Waals surface area (Å²) in [5.74, 6) is 0.374. The summed E-state index contributed by atoms with van der Waals surface area (Å²) in [7, 11) is 1.63. The number of nitrogens with zero attached hydrogens (tertiary/aromatic N) is 1. The summed E-state index contributed by atoms with van der Waals surface area (Å²) in [4.78, 5) is 27.2. The molecule has 1 saturated carbocycles. The third-order valence-electron chi connectivity index (χ3n) is 6.21. The number of fused-ring (bicyclic) bond motifs is 1. The van der Waals surface area contributed by atoms with Gasteiger partial charge < -0.3 is 0 Å². The van der Waals surface area contributed by atoms with Crippen LogP contribution in [0.5, 0.6) is 0 Å². The van der Waals surface area contributed by atoms with E-state index in [2.05, 4.69) is 33.8 Å². The summed E-state index contributed by atoms with van der Waals surface area (Å²) in [6.45, 7) is 8.57. The first-order chi connectivity index (χ1) is 11.6. The molecule has 2 aliphatic rings. The van der Waals surface area contributed by atoms with Crippen LogP contribution in [-0.2, 0) is 15.6 Å². The SMILES string of the molecule is CN1C(=O)c2ccc(C(C)(C)C)cc2C(C)(CC2CCCCC2)C1=O. The van der Waals surface area contributed by atoms with E-state index < -0.39 is 5.41 Å². The molecule has 1 heterocycles. The summed E-state index contributed by atoms with van der Waals surface area (Å²) >= 11 is 0. The minimum atomic E-state index is -0.596. The van der Waals surface area contributed by atoms with E-state index >= 15 is 0 Å². The molecule has 136 valence electrons. The highest BCUT2D eigenvalue weighted by atomic mass is 16.2. The van der Waals surface area contributed by atoms with Gasteiger partial charge in [0.25, 0.3) is 5.91 Å². The number of rotatable bonds is 2. The highest BCUT2D eigenvalue weighted by Crippen LogP contribution is 2.43. The lowest BCUT2D eigenvalue weighted by molar-refractivity contribution is -0.134. The molecule has 0 bridgehead atoms. The maximum Gasteiger partial charge on any atom is 0.260 e. The van der Waals surface area contributed by atoms with E-state index in [4.69, 9.17) is 0 Å². The van der Waals surface area contributed by atoms with Crippen molar-refractivity contribution >= 4 is 11.8 Å². The molecule has 0 spiro atoms. The van der Waals surface area contributed by atoms with Crippen LogP contribution >= 0.6 is 0 Å². The van der Waals surface area contributed by atoms with Crippen molar-refractivity contribution in [1.82, 2.24) is 4.90 Å². The fourth-order valence-corrected chi connectivity index (χ4v) is 4.58. The van der Waals surface area contributed by atoms with Crippen molar-refractivity contribution in [2.24, 2.45) is 5.92 Å². The van der Waals surface area contributed by atoms with Crippen LogP contribution in [-0.4, -0.2) is 23.8 Å². The Morgan fingerprint density at radius 2 is 1.76 bits per heavy atom. The molecule has 3 rings (SSSR count). The third kappa shape index (κ3) is 3.14. The second-order valence-electron chi connectivity index (χ2n) is 9.22. The topological polar surface area (TPSA) is 37.4 Å². The van der Waals surface area contributed by atoms with E-state index in [1.807, 2.05) is 12.1 Å². The number of carbonyl (C=O) groups is 2. The van der Waals surface area contributed by atoms with Crippen LogP contribution in [0.3, 0.4) is 0 Å². The van der Waals surface area contributed by atoms with Gasteiger partial charge in [0.05, 0.1) is 5.41 Å². The maximum atomic E-state index is 13.2. The summed E-state index contributed by atoms with van der Waals surface area (Å²) < 4.78 is 0. The molecule has 1 aliphatic carbocycles. The molecule has 3 nitrogen and oxygen atoms in total. The monoisotopic (exact) mass is 341 g/mol. The molecule has 25 heavy (non-hydrogen) atoms. The standard InChI is InChI=1S/C22H31NO2/c1-21(2,3)16-11-12-17-18(13-16)22(4,20(25)23(5)19(17)24)14-15-9-7-6-8-10-15/h11-13,15H,6-10,14H2,1-5H3. The molecular weight excluding hydrogens is 310 g/mol. The van der Waals surface area contributed by atoms with Crippen molar-refractivity contribution < 1.29 is 9.59 Å². The van der Waals surface area contributed by atoms with Gasteiger partial charge in [0, 0.05) is 12.6 Å². The molecule has 0 saturated heterocycles. The highest BCUT2D eigenvalue weighted by molar-refractivity contribution is 6.12. The van der Waals surface area contributed by atoms with Crippen molar-refractivity contribution in [3.8, 4) is 0 Å². The number of likely N-dealkylation sites (N-methyl/N-ethyl adjacent to an activating group) is 1. The number of amides is 2. The Kier molecular flexibility index (Phi) is 4.55. The molecule has 1 unspecified atom stereocenters. The van der Waals surface area contributed by atoms with Gasteiger partial charge in [-0.15, -0.1) is 0 Å². The summed E-state index contributed by atoms with van der Waals surface area (Å²) in [6.07, 6.45) is 7.09. The Hall–Kier alpha value is -1.64. The van der Waals surface area contributed by atoms with Crippen LogP contribution in [0.1, 0.15) is 87.7 Å². The molecular formula is C22H31NO2. The first-order valence-corrected chi connectivity index (χ1v) is 9.62. The lowest BCUT2D eigenvalue weighted by atomic mass is 9.67. The van der Waals surface area contributed by atoms with Gasteiger partial charge in [0.1, 0.15) is 0 Å². The van der Waals surface area contributed by atoms with Gasteiger partial charge in [-0.05, 0) is 41.9 Å². The second-order valence-corrected chi connectivity index (χ2v) is 9.22. The van der Waals surface area contributed by atoms with Gasteiger partial charge in [-0.3, -0.25) is 14.5 Å².